The summed E-state index contributed by atoms with van der Waals surface area (Å²) in [5.74, 6) is 0.935. The van der Waals surface area contributed by atoms with Crippen molar-refractivity contribution < 1.29 is 80.2 Å². The second kappa shape index (κ2) is 67.2. The minimum Gasteiger partial charge on any atom is -0.462 e. The number of unbranched alkanes of at least 4 members (excludes halogenated alkanes) is 39. The first kappa shape index (κ1) is 95.1. The highest BCUT2D eigenvalue weighted by Gasteiger charge is 2.30. The minimum absolute atomic E-state index is 0.101. The van der Waals surface area contributed by atoms with Crippen LogP contribution in [0.5, 0.6) is 0 Å². The molecule has 0 amide bonds. The average molecular weight is 1420 g/mol. The molecule has 4 unspecified atom stereocenters. The Morgan fingerprint density at radius 1 is 0.289 bits per heavy atom. The van der Waals surface area contributed by atoms with E-state index in [0.29, 0.717) is 31.6 Å². The van der Waals surface area contributed by atoms with Crippen LogP contribution >= 0.6 is 15.6 Å². The normalized spacial score (nSPS) is 14.6. The molecule has 0 saturated heterocycles. The fourth-order valence-electron chi connectivity index (χ4n) is 11.8. The Hall–Kier alpha value is -1.94. The molecule has 0 aliphatic heterocycles. The van der Waals surface area contributed by atoms with Gasteiger partial charge in [-0.15, -0.1) is 0 Å². The lowest BCUT2D eigenvalue weighted by Gasteiger charge is -2.21. The van der Waals surface area contributed by atoms with Crippen molar-refractivity contribution in [1.82, 2.24) is 0 Å². The molecule has 17 nitrogen and oxygen atoms in total. The zero-order chi connectivity index (χ0) is 71.7. The minimum atomic E-state index is -4.96. The van der Waals surface area contributed by atoms with Gasteiger partial charge in [-0.3, -0.25) is 37.3 Å². The lowest BCUT2D eigenvalue weighted by atomic mass is 9.99. The van der Waals surface area contributed by atoms with E-state index in [0.717, 1.165) is 114 Å². The van der Waals surface area contributed by atoms with Crippen LogP contribution in [0.25, 0.3) is 0 Å². The molecular formula is C78H152O17P2. The second-order valence-corrected chi connectivity index (χ2v) is 32.4. The number of esters is 4. The van der Waals surface area contributed by atoms with Crippen LogP contribution in [0, 0.1) is 23.7 Å². The molecule has 0 saturated carbocycles. The van der Waals surface area contributed by atoms with E-state index >= 15 is 0 Å². The zero-order valence-corrected chi connectivity index (χ0v) is 65.5. The molecule has 576 valence electrons. The van der Waals surface area contributed by atoms with Crippen LogP contribution in [0.15, 0.2) is 0 Å². The van der Waals surface area contributed by atoms with E-state index in [2.05, 4.69) is 55.4 Å². The number of ether oxygens (including phenoxy) is 4. The first-order chi connectivity index (χ1) is 46.7. The van der Waals surface area contributed by atoms with Crippen LogP contribution in [0.2, 0.25) is 0 Å². The maximum Gasteiger partial charge on any atom is 0.472 e. The molecule has 0 aliphatic rings. The van der Waals surface area contributed by atoms with Crippen molar-refractivity contribution in [1.29, 1.82) is 0 Å². The average Bonchev–Trinajstić information content (AvgIpc) is 1.29. The number of phosphoric acid groups is 2. The highest BCUT2D eigenvalue weighted by molar-refractivity contribution is 7.47. The summed E-state index contributed by atoms with van der Waals surface area (Å²) in [5.41, 5.74) is 0. The van der Waals surface area contributed by atoms with E-state index in [1.807, 2.05) is 0 Å². The summed E-state index contributed by atoms with van der Waals surface area (Å²) in [6, 6.07) is 0. The number of hydrogen-bond donors (Lipinski definition) is 3. The van der Waals surface area contributed by atoms with Crippen molar-refractivity contribution in [2.75, 3.05) is 39.6 Å². The second-order valence-electron chi connectivity index (χ2n) is 29.5. The summed E-state index contributed by atoms with van der Waals surface area (Å²) >= 11 is 0. The molecule has 3 N–H and O–H groups in total. The SMILES string of the molecule is CCC(C)CCCCCCCCCCCCCCCCCCCCC(=O)OC[C@H](COP(=O)(O)OC[C@@H](O)COP(=O)(O)OC[C@@H](COC(=O)CCCCCCCCC(C)CC)OC(=O)CCCCCCCCC(C)C)OC(=O)CCCCCCCCCCCCCCCC(C)C. The van der Waals surface area contributed by atoms with Gasteiger partial charge >= 0.3 is 39.5 Å². The summed E-state index contributed by atoms with van der Waals surface area (Å²) in [7, 11) is -9.91. The van der Waals surface area contributed by atoms with E-state index in [-0.39, 0.29) is 25.7 Å². The first-order valence-corrected chi connectivity index (χ1v) is 43.3. The molecule has 19 heteroatoms. The van der Waals surface area contributed by atoms with E-state index < -0.39 is 97.5 Å². The fraction of sp³-hybridized carbons (Fsp3) is 0.949. The highest BCUT2D eigenvalue weighted by Crippen LogP contribution is 2.45. The maximum absolute atomic E-state index is 13.1. The van der Waals surface area contributed by atoms with Gasteiger partial charge < -0.3 is 33.8 Å². The third-order valence-corrected chi connectivity index (χ3v) is 20.7. The quantitative estimate of drug-likeness (QED) is 0.0222. The Balaban J connectivity index is 5.17. The molecule has 0 heterocycles. The topological polar surface area (TPSA) is 237 Å². The van der Waals surface area contributed by atoms with Crippen molar-refractivity contribution in [3.8, 4) is 0 Å². The molecule has 97 heavy (non-hydrogen) atoms. The lowest BCUT2D eigenvalue weighted by molar-refractivity contribution is -0.161. The number of rotatable bonds is 75. The Bertz CT molecular complexity index is 1910. The van der Waals surface area contributed by atoms with Crippen LogP contribution in [-0.4, -0.2) is 96.7 Å². The van der Waals surface area contributed by atoms with Gasteiger partial charge in [0.1, 0.15) is 19.3 Å². The van der Waals surface area contributed by atoms with Crippen molar-refractivity contribution in [3.63, 3.8) is 0 Å². The van der Waals surface area contributed by atoms with Crippen LogP contribution in [0.3, 0.4) is 0 Å². The summed E-state index contributed by atoms with van der Waals surface area (Å²) in [5, 5.41) is 10.6. The molecule has 0 aromatic rings. The summed E-state index contributed by atoms with van der Waals surface area (Å²) in [4.78, 5) is 72.8. The summed E-state index contributed by atoms with van der Waals surface area (Å²) in [6.07, 6.45) is 53.1. The Kier molecular flexibility index (Phi) is 65.9. The van der Waals surface area contributed by atoms with Crippen molar-refractivity contribution in [2.24, 2.45) is 23.7 Å². The van der Waals surface area contributed by atoms with Gasteiger partial charge in [0.05, 0.1) is 26.4 Å². The largest absolute Gasteiger partial charge is 0.472 e. The monoisotopic (exact) mass is 1420 g/mol. The number of aliphatic hydroxyl groups excluding tert-OH is 1. The van der Waals surface area contributed by atoms with Gasteiger partial charge in [-0.2, -0.15) is 0 Å². The molecule has 0 aromatic heterocycles. The standard InChI is InChI=1S/C78H152O17P2/c1-9-70(7)56-48-40-31-27-23-19-15-13-11-12-14-16-20-24-28-32-42-50-58-75(80)88-64-73(94-77(82)60-52-44-33-29-25-21-17-18-22-26-30-38-46-54-68(3)4)66-92-96(84,85)90-62-72(79)63-91-97(86,87)93-67-74(95-78(83)61-53-45-36-34-39-47-55-69(5)6)65-89-76(81)59-51-43-37-35-41-49-57-71(8)10-2/h68-74,79H,9-67H2,1-8H3,(H,84,85)(H,86,87)/t70?,71?,72-,73-,74-/m1/s1. The molecule has 0 aliphatic carbocycles. The molecule has 0 aromatic carbocycles. The third kappa shape index (κ3) is 69.5. The van der Waals surface area contributed by atoms with E-state index in [9.17, 15) is 43.2 Å². The van der Waals surface area contributed by atoms with Gasteiger partial charge in [-0.25, -0.2) is 9.13 Å². The van der Waals surface area contributed by atoms with Crippen LogP contribution < -0.4 is 0 Å². The van der Waals surface area contributed by atoms with Gasteiger partial charge in [0.25, 0.3) is 0 Å². The number of phosphoric ester groups is 2. The van der Waals surface area contributed by atoms with Gasteiger partial charge in [-0.05, 0) is 49.4 Å². The number of carbonyl (C=O) groups excluding carboxylic acids is 4. The van der Waals surface area contributed by atoms with E-state index in [4.69, 9.17) is 37.0 Å². The molecular weight excluding hydrogens is 1270 g/mol. The number of carbonyl (C=O) groups is 4. The third-order valence-electron chi connectivity index (χ3n) is 18.8. The van der Waals surface area contributed by atoms with Crippen LogP contribution in [0.4, 0.5) is 0 Å². The van der Waals surface area contributed by atoms with Gasteiger partial charge in [0.2, 0.25) is 0 Å². The van der Waals surface area contributed by atoms with E-state index in [1.165, 1.54) is 193 Å². The van der Waals surface area contributed by atoms with Gasteiger partial charge in [0.15, 0.2) is 12.2 Å². The Morgan fingerprint density at radius 2 is 0.495 bits per heavy atom. The lowest BCUT2D eigenvalue weighted by Crippen LogP contribution is -2.30. The smallest absolute Gasteiger partial charge is 0.462 e. The maximum atomic E-state index is 13.1. The predicted molar refractivity (Wildman–Crippen MR) is 395 cm³/mol. The van der Waals surface area contributed by atoms with Gasteiger partial charge in [0, 0.05) is 25.7 Å². The highest BCUT2D eigenvalue weighted by atomic mass is 31.2. The van der Waals surface area contributed by atoms with Crippen LogP contribution in [-0.2, 0) is 65.4 Å². The molecule has 7 atom stereocenters. The molecule has 0 spiro atoms. The fourth-order valence-corrected chi connectivity index (χ4v) is 13.4. The Morgan fingerprint density at radius 3 is 0.732 bits per heavy atom. The van der Waals surface area contributed by atoms with Crippen molar-refractivity contribution >= 4 is 39.5 Å². The van der Waals surface area contributed by atoms with Crippen LogP contribution in [0.1, 0.15) is 396 Å². The number of hydrogen-bond acceptors (Lipinski definition) is 15. The van der Waals surface area contributed by atoms with Gasteiger partial charge in [-0.1, -0.05) is 344 Å². The first-order valence-electron chi connectivity index (χ1n) is 40.3. The van der Waals surface area contributed by atoms with Crippen molar-refractivity contribution in [3.05, 3.63) is 0 Å². The summed E-state index contributed by atoms with van der Waals surface area (Å²) < 4.78 is 68.5. The van der Waals surface area contributed by atoms with E-state index in [1.54, 1.807) is 0 Å². The Labute approximate surface area is 594 Å². The molecule has 0 radical (unpaired) electrons. The van der Waals surface area contributed by atoms with Crippen molar-refractivity contribution in [2.45, 2.75) is 414 Å². The predicted octanol–water partition coefficient (Wildman–Crippen LogP) is 22.8. The zero-order valence-electron chi connectivity index (χ0n) is 63.7. The molecule has 0 fully saturated rings. The molecule has 0 bridgehead atoms. The summed E-state index contributed by atoms with van der Waals surface area (Å²) in [6.45, 7) is 14.2. The number of aliphatic hydroxyl groups is 1. The molecule has 0 rings (SSSR count).